The quantitative estimate of drug-likeness (QED) is 0.129. The lowest BCUT2D eigenvalue weighted by atomic mass is 10.0. The summed E-state index contributed by atoms with van der Waals surface area (Å²) in [7, 11) is 2.11. The van der Waals surface area contributed by atoms with E-state index in [1.807, 2.05) is 6.07 Å². The van der Waals surface area contributed by atoms with Crippen LogP contribution < -0.4 is 9.80 Å². The van der Waals surface area contributed by atoms with Crippen LogP contribution in [0.25, 0.3) is 33.4 Å². The second-order valence-corrected chi connectivity index (χ2v) is 12.4. The maximum atomic E-state index is 4.63. The van der Waals surface area contributed by atoms with Gasteiger partial charge in [-0.15, -0.1) is 0 Å². The first-order valence-corrected chi connectivity index (χ1v) is 17.1. The van der Waals surface area contributed by atoms with Crippen molar-refractivity contribution in [2.45, 2.75) is 20.8 Å². The molecule has 0 radical (unpaired) electrons. The van der Waals surface area contributed by atoms with Crippen LogP contribution in [0.2, 0.25) is 0 Å². The van der Waals surface area contributed by atoms with Gasteiger partial charge in [0.25, 0.3) is 0 Å². The second-order valence-electron chi connectivity index (χ2n) is 12.4. The molecule has 0 spiro atoms. The first-order chi connectivity index (χ1) is 24.4. The number of benzene rings is 6. The van der Waals surface area contributed by atoms with E-state index in [4.69, 9.17) is 0 Å². The molecule has 6 rings (SSSR count). The SMILES string of the molecule is C=C(C(C)=CC=C(C)N(C)c1ccc(-c2ccccc2)cc1)C(=CC)N(c1ccc(-c2ccccc2)cc1)c1ccc(-c2ccccc2)cc1. The van der Waals surface area contributed by atoms with E-state index < -0.39 is 0 Å². The third-order valence-electron chi connectivity index (χ3n) is 9.23. The highest BCUT2D eigenvalue weighted by molar-refractivity contribution is 5.77. The van der Waals surface area contributed by atoms with Crippen LogP contribution in [-0.4, -0.2) is 7.05 Å². The number of hydrogen-bond donors (Lipinski definition) is 0. The summed E-state index contributed by atoms with van der Waals surface area (Å²) in [5, 5.41) is 0. The second kappa shape index (κ2) is 15.9. The van der Waals surface area contributed by atoms with Gasteiger partial charge in [-0.25, -0.2) is 0 Å². The van der Waals surface area contributed by atoms with Gasteiger partial charge in [0.2, 0.25) is 0 Å². The standard InChI is InChI=1S/C48H44N2/c1-6-48(38(4)36(2)22-23-37(3)49(5)45-30-24-42(25-31-45)39-16-10-7-11-17-39)50(46-32-26-43(27-33-46)40-18-12-8-13-19-40)47-34-28-44(29-35-47)41-20-14-9-15-21-41/h6-35H,4H2,1-3,5H3. The van der Waals surface area contributed by atoms with Gasteiger partial charge < -0.3 is 9.80 Å². The number of nitrogens with zero attached hydrogens (tertiary/aromatic N) is 2. The Morgan fingerprint density at radius 1 is 0.460 bits per heavy atom. The first kappa shape index (κ1) is 33.8. The van der Waals surface area contributed by atoms with Gasteiger partial charge in [0, 0.05) is 35.5 Å². The smallest absolute Gasteiger partial charge is 0.0488 e. The van der Waals surface area contributed by atoms with E-state index in [9.17, 15) is 0 Å². The predicted octanol–water partition coefficient (Wildman–Crippen LogP) is 13.3. The summed E-state index contributed by atoms with van der Waals surface area (Å²) in [5.41, 5.74) is 14.7. The Morgan fingerprint density at radius 3 is 1.16 bits per heavy atom. The van der Waals surface area contributed by atoms with Crippen molar-refractivity contribution >= 4 is 17.1 Å². The van der Waals surface area contributed by atoms with E-state index >= 15 is 0 Å². The molecule has 0 aliphatic heterocycles. The Hall–Kier alpha value is -6.12. The van der Waals surface area contributed by atoms with Crippen molar-refractivity contribution < 1.29 is 0 Å². The molecule has 0 N–H and O–H groups in total. The minimum Gasteiger partial charge on any atom is -0.348 e. The Balaban J connectivity index is 1.27. The molecule has 50 heavy (non-hydrogen) atoms. The topological polar surface area (TPSA) is 6.48 Å². The summed E-state index contributed by atoms with van der Waals surface area (Å²) < 4.78 is 0. The fraction of sp³-hybridized carbons (Fsp3) is 0.0833. The maximum absolute atomic E-state index is 4.63. The average Bonchev–Trinajstić information content (AvgIpc) is 3.19. The molecular formula is C48H44N2. The molecule has 0 bridgehead atoms. The monoisotopic (exact) mass is 648 g/mol. The third-order valence-corrected chi connectivity index (χ3v) is 9.23. The van der Waals surface area contributed by atoms with E-state index in [1.165, 1.54) is 33.4 Å². The van der Waals surface area contributed by atoms with Gasteiger partial charge in [0.1, 0.15) is 0 Å². The molecule has 0 fully saturated rings. The number of rotatable bonds is 11. The van der Waals surface area contributed by atoms with Gasteiger partial charge in [0.15, 0.2) is 0 Å². The van der Waals surface area contributed by atoms with Crippen LogP contribution in [0.4, 0.5) is 17.1 Å². The van der Waals surface area contributed by atoms with Crippen LogP contribution in [0.15, 0.2) is 211 Å². The van der Waals surface area contributed by atoms with E-state index in [1.54, 1.807) is 0 Å². The molecule has 246 valence electrons. The molecule has 0 unspecified atom stereocenters. The number of hydrogen-bond acceptors (Lipinski definition) is 2. The molecule has 0 aliphatic rings. The normalized spacial score (nSPS) is 12.0. The highest BCUT2D eigenvalue weighted by Crippen LogP contribution is 2.37. The summed E-state index contributed by atoms with van der Waals surface area (Å²) in [6, 6.07) is 57.8. The van der Waals surface area contributed by atoms with E-state index in [2.05, 4.69) is 220 Å². The summed E-state index contributed by atoms with van der Waals surface area (Å²) in [6.45, 7) is 11.0. The summed E-state index contributed by atoms with van der Waals surface area (Å²) in [5.74, 6) is 0. The lowest BCUT2D eigenvalue weighted by Gasteiger charge is -2.30. The summed E-state index contributed by atoms with van der Waals surface area (Å²) in [4.78, 5) is 4.52. The Bertz CT molecular complexity index is 2020. The molecule has 0 amide bonds. The van der Waals surface area contributed by atoms with Gasteiger partial charge >= 0.3 is 0 Å². The molecule has 0 aromatic heterocycles. The summed E-state index contributed by atoms with van der Waals surface area (Å²) >= 11 is 0. The summed E-state index contributed by atoms with van der Waals surface area (Å²) in [6.07, 6.45) is 6.50. The minimum absolute atomic E-state index is 0.964. The Labute approximate surface area is 298 Å². The zero-order chi connectivity index (χ0) is 34.9. The Kier molecular flexibility index (Phi) is 10.7. The molecule has 0 saturated heterocycles. The zero-order valence-electron chi connectivity index (χ0n) is 29.4. The van der Waals surface area contributed by atoms with Crippen molar-refractivity contribution in [1.29, 1.82) is 0 Å². The van der Waals surface area contributed by atoms with Crippen LogP contribution in [0.3, 0.4) is 0 Å². The molecular weight excluding hydrogens is 605 g/mol. The van der Waals surface area contributed by atoms with Crippen molar-refractivity contribution in [1.82, 2.24) is 0 Å². The van der Waals surface area contributed by atoms with Crippen LogP contribution in [0, 0.1) is 0 Å². The lowest BCUT2D eigenvalue weighted by molar-refractivity contribution is 1.09. The molecule has 0 atom stereocenters. The minimum atomic E-state index is 0.964. The van der Waals surface area contributed by atoms with Crippen LogP contribution >= 0.6 is 0 Å². The number of anilines is 3. The van der Waals surface area contributed by atoms with Gasteiger partial charge in [-0.05, 0) is 108 Å². The van der Waals surface area contributed by atoms with Crippen molar-refractivity contribution in [3.05, 3.63) is 211 Å². The first-order valence-electron chi connectivity index (χ1n) is 17.1. The van der Waals surface area contributed by atoms with Crippen molar-refractivity contribution in [3.8, 4) is 33.4 Å². The number of allylic oxidation sites excluding steroid dienone is 5. The van der Waals surface area contributed by atoms with Crippen molar-refractivity contribution in [2.24, 2.45) is 0 Å². The fourth-order valence-electron chi connectivity index (χ4n) is 6.10. The largest absolute Gasteiger partial charge is 0.348 e. The molecule has 0 saturated carbocycles. The molecule has 2 nitrogen and oxygen atoms in total. The lowest BCUT2D eigenvalue weighted by Crippen LogP contribution is -2.18. The van der Waals surface area contributed by atoms with E-state index in [0.717, 1.165) is 39.6 Å². The van der Waals surface area contributed by atoms with Crippen LogP contribution in [-0.2, 0) is 0 Å². The molecule has 6 aromatic carbocycles. The van der Waals surface area contributed by atoms with Gasteiger partial charge in [-0.3, -0.25) is 0 Å². The molecule has 0 heterocycles. The van der Waals surface area contributed by atoms with Gasteiger partial charge in [-0.2, -0.15) is 0 Å². The fourth-order valence-corrected chi connectivity index (χ4v) is 6.10. The van der Waals surface area contributed by atoms with Gasteiger partial charge in [-0.1, -0.05) is 146 Å². The van der Waals surface area contributed by atoms with Crippen molar-refractivity contribution in [2.75, 3.05) is 16.8 Å². The maximum Gasteiger partial charge on any atom is 0.0488 e. The highest BCUT2D eigenvalue weighted by atomic mass is 15.1. The zero-order valence-corrected chi connectivity index (χ0v) is 29.4. The average molecular weight is 649 g/mol. The molecule has 2 heteroatoms. The van der Waals surface area contributed by atoms with Crippen molar-refractivity contribution in [3.63, 3.8) is 0 Å². The Morgan fingerprint density at radius 2 is 0.800 bits per heavy atom. The predicted molar refractivity (Wildman–Crippen MR) is 217 cm³/mol. The highest BCUT2D eigenvalue weighted by Gasteiger charge is 2.18. The molecule has 6 aromatic rings. The molecule has 0 aliphatic carbocycles. The van der Waals surface area contributed by atoms with E-state index in [-0.39, 0.29) is 0 Å². The van der Waals surface area contributed by atoms with E-state index in [0.29, 0.717) is 0 Å². The van der Waals surface area contributed by atoms with Gasteiger partial charge in [0.05, 0.1) is 0 Å². The third kappa shape index (κ3) is 7.77. The van der Waals surface area contributed by atoms with Crippen LogP contribution in [0.1, 0.15) is 20.8 Å². The van der Waals surface area contributed by atoms with Crippen LogP contribution in [0.5, 0.6) is 0 Å².